The predicted octanol–water partition coefficient (Wildman–Crippen LogP) is 1.83. The first-order valence-electron chi connectivity index (χ1n) is 7.14. The van der Waals surface area contributed by atoms with E-state index >= 15 is 0 Å². The molecule has 0 aliphatic carbocycles. The Morgan fingerprint density at radius 1 is 1.40 bits per heavy atom. The van der Waals surface area contributed by atoms with Gasteiger partial charge in [-0.05, 0) is 37.6 Å². The van der Waals surface area contributed by atoms with E-state index in [1.54, 1.807) is 0 Å². The van der Waals surface area contributed by atoms with E-state index in [4.69, 9.17) is 4.74 Å². The molecule has 1 aromatic rings. The van der Waals surface area contributed by atoms with Gasteiger partial charge in [-0.3, -0.25) is 4.79 Å². The van der Waals surface area contributed by atoms with Crippen molar-refractivity contribution in [2.24, 2.45) is 0 Å². The van der Waals surface area contributed by atoms with Gasteiger partial charge in [0, 0.05) is 31.1 Å². The fourth-order valence-corrected chi connectivity index (χ4v) is 2.37. The molecule has 1 heterocycles. The van der Waals surface area contributed by atoms with Crippen LogP contribution in [0.3, 0.4) is 0 Å². The summed E-state index contributed by atoms with van der Waals surface area (Å²) < 4.78 is 4.80. The maximum atomic E-state index is 11.5. The van der Waals surface area contributed by atoms with Crippen molar-refractivity contribution in [3.8, 4) is 0 Å². The fourth-order valence-electron chi connectivity index (χ4n) is 2.37. The lowest BCUT2D eigenvalue weighted by Gasteiger charge is -2.24. The summed E-state index contributed by atoms with van der Waals surface area (Å²) in [6.45, 7) is 2.10. The molecular formula is C15H23N3O2. The molecule has 1 saturated heterocycles. The standard InChI is InChI=1S/C15H23N3O2/c1-20-11-15(19)18-13-7-4-6-12(9-13)17-10-14-5-2-3-8-16-14/h4,6-7,9,14,16-17H,2-3,5,8,10-11H2,1H3,(H,18,19). The molecule has 0 bridgehead atoms. The van der Waals surface area contributed by atoms with Crippen LogP contribution in [0, 0.1) is 0 Å². The summed E-state index contributed by atoms with van der Waals surface area (Å²) in [4.78, 5) is 11.5. The molecule has 0 spiro atoms. The summed E-state index contributed by atoms with van der Waals surface area (Å²) in [5.74, 6) is -0.140. The lowest BCUT2D eigenvalue weighted by atomic mass is 10.1. The number of nitrogens with one attached hydrogen (secondary N) is 3. The first-order valence-corrected chi connectivity index (χ1v) is 7.14. The number of anilines is 2. The highest BCUT2D eigenvalue weighted by atomic mass is 16.5. The molecule has 1 aromatic carbocycles. The summed E-state index contributed by atoms with van der Waals surface area (Å²) in [5.41, 5.74) is 1.81. The average Bonchev–Trinajstić information content (AvgIpc) is 2.47. The van der Waals surface area contributed by atoms with Crippen LogP contribution in [0.4, 0.5) is 11.4 Å². The number of hydrogen-bond acceptors (Lipinski definition) is 4. The van der Waals surface area contributed by atoms with Crippen molar-refractivity contribution >= 4 is 17.3 Å². The van der Waals surface area contributed by atoms with Crippen molar-refractivity contribution in [1.29, 1.82) is 0 Å². The quantitative estimate of drug-likeness (QED) is 0.742. The van der Waals surface area contributed by atoms with Crippen LogP contribution in [0.5, 0.6) is 0 Å². The number of ether oxygens (including phenoxy) is 1. The molecule has 20 heavy (non-hydrogen) atoms. The minimum atomic E-state index is -0.140. The van der Waals surface area contributed by atoms with Crippen LogP contribution in [0.1, 0.15) is 19.3 Å². The van der Waals surface area contributed by atoms with Gasteiger partial charge in [0.15, 0.2) is 0 Å². The van der Waals surface area contributed by atoms with E-state index in [0.29, 0.717) is 6.04 Å². The van der Waals surface area contributed by atoms with Gasteiger partial charge < -0.3 is 20.7 Å². The number of piperidine rings is 1. The lowest BCUT2D eigenvalue weighted by molar-refractivity contribution is -0.119. The van der Waals surface area contributed by atoms with Crippen molar-refractivity contribution in [1.82, 2.24) is 5.32 Å². The number of rotatable bonds is 6. The Labute approximate surface area is 120 Å². The molecular weight excluding hydrogens is 254 g/mol. The van der Waals surface area contributed by atoms with E-state index < -0.39 is 0 Å². The third-order valence-electron chi connectivity index (χ3n) is 3.39. The average molecular weight is 277 g/mol. The molecule has 2 rings (SSSR count). The van der Waals surface area contributed by atoms with Crippen LogP contribution < -0.4 is 16.0 Å². The van der Waals surface area contributed by atoms with Crippen LogP contribution in [0.25, 0.3) is 0 Å². The SMILES string of the molecule is COCC(=O)Nc1cccc(NCC2CCCCN2)c1. The molecule has 5 nitrogen and oxygen atoms in total. The zero-order valence-electron chi connectivity index (χ0n) is 11.9. The van der Waals surface area contributed by atoms with Gasteiger partial charge in [-0.15, -0.1) is 0 Å². The van der Waals surface area contributed by atoms with Gasteiger partial charge in [-0.1, -0.05) is 12.5 Å². The Bertz CT molecular complexity index is 431. The summed E-state index contributed by atoms with van der Waals surface area (Å²) in [6, 6.07) is 8.29. The van der Waals surface area contributed by atoms with Crippen LogP contribution in [0.2, 0.25) is 0 Å². The van der Waals surface area contributed by atoms with Gasteiger partial charge in [-0.2, -0.15) is 0 Å². The monoisotopic (exact) mass is 277 g/mol. The highest BCUT2D eigenvalue weighted by Gasteiger charge is 2.11. The smallest absolute Gasteiger partial charge is 0.250 e. The Hall–Kier alpha value is -1.59. The molecule has 1 fully saturated rings. The number of benzene rings is 1. The summed E-state index contributed by atoms with van der Waals surface area (Å²) in [5, 5.41) is 9.72. The van der Waals surface area contributed by atoms with Crippen LogP contribution in [-0.4, -0.2) is 38.8 Å². The van der Waals surface area contributed by atoms with E-state index in [1.165, 1.54) is 26.4 Å². The molecule has 3 N–H and O–H groups in total. The lowest BCUT2D eigenvalue weighted by Crippen LogP contribution is -2.39. The predicted molar refractivity (Wildman–Crippen MR) is 81.1 cm³/mol. The highest BCUT2D eigenvalue weighted by molar-refractivity contribution is 5.92. The molecule has 0 radical (unpaired) electrons. The summed E-state index contributed by atoms with van der Waals surface area (Å²) >= 11 is 0. The molecule has 1 aliphatic heterocycles. The molecule has 5 heteroatoms. The Kier molecular flexibility index (Phi) is 5.83. The maximum Gasteiger partial charge on any atom is 0.250 e. The Morgan fingerprint density at radius 3 is 3.00 bits per heavy atom. The normalized spacial score (nSPS) is 18.6. The first-order chi connectivity index (χ1) is 9.78. The Balaban J connectivity index is 1.83. The van der Waals surface area contributed by atoms with Crippen molar-refractivity contribution in [3.05, 3.63) is 24.3 Å². The molecule has 0 aromatic heterocycles. The molecule has 1 unspecified atom stereocenters. The number of hydrogen-bond donors (Lipinski definition) is 3. The first kappa shape index (κ1) is 14.8. The number of carbonyl (C=O) groups excluding carboxylic acids is 1. The topological polar surface area (TPSA) is 62.4 Å². The van der Waals surface area contributed by atoms with E-state index in [2.05, 4.69) is 16.0 Å². The van der Waals surface area contributed by atoms with Gasteiger partial charge in [-0.25, -0.2) is 0 Å². The maximum absolute atomic E-state index is 11.5. The van der Waals surface area contributed by atoms with Crippen LogP contribution in [-0.2, 0) is 9.53 Å². The van der Waals surface area contributed by atoms with Gasteiger partial charge in [0.1, 0.15) is 6.61 Å². The zero-order chi connectivity index (χ0) is 14.2. The highest BCUT2D eigenvalue weighted by Crippen LogP contribution is 2.16. The third-order valence-corrected chi connectivity index (χ3v) is 3.39. The van der Waals surface area contributed by atoms with Crippen molar-refractivity contribution in [2.75, 3.05) is 37.4 Å². The minimum absolute atomic E-state index is 0.0731. The summed E-state index contributed by atoms with van der Waals surface area (Å²) in [6.07, 6.45) is 3.79. The van der Waals surface area contributed by atoms with Crippen molar-refractivity contribution in [3.63, 3.8) is 0 Å². The largest absolute Gasteiger partial charge is 0.383 e. The second-order valence-electron chi connectivity index (χ2n) is 5.09. The third kappa shape index (κ3) is 4.83. The molecule has 0 saturated carbocycles. The molecule has 1 aliphatic rings. The van der Waals surface area contributed by atoms with E-state index in [1.807, 2.05) is 24.3 Å². The van der Waals surface area contributed by atoms with Gasteiger partial charge in [0.2, 0.25) is 5.91 Å². The Morgan fingerprint density at radius 2 is 2.25 bits per heavy atom. The van der Waals surface area contributed by atoms with Gasteiger partial charge in [0.25, 0.3) is 0 Å². The van der Waals surface area contributed by atoms with Crippen LogP contribution >= 0.6 is 0 Å². The van der Waals surface area contributed by atoms with E-state index in [0.717, 1.165) is 24.5 Å². The number of amides is 1. The molecule has 110 valence electrons. The van der Waals surface area contributed by atoms with E-state index in [9.17, 15) is 4.79 Å². The van der Waals surface area contributed by atoms with Crippen LogP contribution in [0.15, 0.2) is 24.3 Å². The van der Waals surface area contributed by atoms with Crippen molar-refractivity contribution in [2.45, 2.75) is 25.3 Å². The van der Waals surface area contributed by atoms with Gasteiger partial charge in [0.05, 0.1) is 0 Å². The van der Waals surface area contributed by atoms with E-state index in [-0.39, 0.29) is 12.5 Å². The molecule has 1 amide bonds. The zero-order valence-corrected chi connectivity index (χ0v) is 11.9. The second kappa shape index (κ2) is 7.87. The summed E-state index contributed by atoms with van der Waals surface area (Å²) in [7, 11) is 1.51. The van der Waals surface area contributed by atoms with Gasteiger partial charge >= 0.3 is 0 Å². The minimum Gasteiger partial charge on any atom is -0.383 e. The van der Waals surface area contributed by atoms with Crippen molar-refractivity contribution < 1.29 is 9.53 Å². The second-order valence-corrected chi connectivity index (χ2v) is 5.09. The number of methoxy groups -OCH3 is 1. The molecule has 1 atom stereocenters. The fraction of sp³-hybridized carbons (Fsp3) is 0.533. The number of carbonyl (C=O) groups is 1.